The predicted molar refractivity (Wildman–Crippen MR) is 230 cm³/mol. The third-order valence-corrected chi connectivity index (χ3v) is 11.4. The van der Waals surface area contributed by atoms with Gasteiger partial charge in [-0.1, -0.05) is 150 Å². The first-order chi connectivity index (χ1) is 26.8. The Hall–Kier alpha value is -6.71. The fourth-order valence-corrected chi connectivity index (χ4v) is 8.99. The minimum atomic E-state index is 0.0865. The van der Waals surface area contributed by atoms with E-state index in [-0.39, 0.29) is 6.71 Å². The number of para-hydroxylation sites is 4. The lowest BCUT2D eigenvalue weighted by Crippen LogP contribution is -2.63. The molecule has 0 fully saturated rings. The Balaban J connectivity index is 1.25. The summed E-state index contributed by atoms with van der Waals surface area (Å²) in [5.74, 6) is 0. The molecule has 54 heavy (non-hydrogen) atoms. The minimum absolute atomic E-state index is 0.0865. The van der Waals surface area contributed by atoms with E-state index in [0.29, 0.717) is 0 Å². The summed E-state index contributed by atoms with van der Waals surface area (Å²) in [5, 5.41) is 3.87. The van der Waals surface area contributed by atoms with Gasteiger partial charge in [-0.05, 0) is 87.2 Å². The van der Waals surface area contributed by atoms with Crippen LogP contribution < -0.4 is 42.4 Å². The van der Waals surface area contributed by atoms with Crippen molar-refractivity contribution in [2.24, 2.45) is 0 Å². The number of nitrogens with one attached hydrogen (secondary N) is 1. The Bertz CT molecular complexity index is 2710. The number of benzene rings is 8. The van der Waals surface area contributed by atoms with Crippen LogP contribution in [0.25, 0.3) is 22.3 Å². The summed E-state index contributed by atoms with van der Waals surface area (Å²) in [4.78, 5) is 5.10. The Morgan fingerprint density at radius 1 is 0.519 bits per heavy atom. The molecule has 0 unspecified atom stereocenters. The molecule has 11 rings (SSSR count). The molecule has 0 saturated carbocycles. The molecule has 1 N–H and O–H groups in total. The SMILES string of the molecule is [B]1c2ccccc2CN2c3ccccc3B3c4ccccc4N(c4ccccc4)c4cc(-c5ccc(-c6ccccc6)cc5Nc5ccccc5)c1c2c43. The van der Waals surface area contributed by atoms with Crippen molar-refractivity contribution in [1.29, 1.82) is 0 Å². The summed E-state index contributed by atoms with van der Waals surface area (Å²) >= 11 is 0. The summed E-state index contributed by atoms with van der Waals surface area (Å²) < 4.78 is 0. The molecule has 8 aromatic carbocycles. The number of anilines is 7. The smallest absolute Gasteiger partial charge is 0.252 e. The minimum Gasteiger partial charge on any atom is -0.355 e. The Labute approximate surface area is 317 Å². The quantitative estimate of drug-likeness (QED) is 0.183. The molecule has 3 aliphatic rings. The van der Waals surface area contributed by atoms with E-state index in [0.717, 1.165) is 29.2 Å². The molecule has 0 spiro atoms. The second kappa shape index (κ2) is 12.5. The van der Waals surface area contributed by atoms with Crippen LogP contribution >= 0.6 is 0 Å². The van der Waals surface area contributed by atoms with Gasteiger partial charge < -0.3 is 15.1 Å². The van der Waals surface area contributed by atoms with Gasteiger partial charge in [0.1, 0.15) is 0 Å². The largest absolute Gasteiger partial charge is 0.355 e. The van der Waals surface area contributed by atoms with Crippen molar-refractivity contribution in [3.05, 3.63) is 194 Å². The summed E-state index contributed by atoms with van der Waals surface area (Å²) in [6, 6.07) is 68.5. The molecule has 3 nitrogen and oxygen atoms in total. The van der Waals surface area contributed by atoms with Gasteiger partial charge in [-0.25, -0.2) is 0 Å². The lowest BCUT2D eigenvalue weighted by atomic mass is 9.33. The van der Waals surface area contributed by atoms with E-state index >= 15 is 0 Å². The van der Waals surface area contributed by atoms with Gasteiger partial charge >= 0.3 is 0 Å². The molecule has 3 heterocycles. The van der Waals surface area contributed by atoms with E-state index in [1.54, 1.807) is 0 Å². The second-order valence-corrected chi connectivity index (χ2v) is 14.4. The van der Waals surface area contributed by atoms with Crippen molar-refractivity contribution in [3.8, 4) is 22.3 Å². The summed E-state index contributed by atoms with van der Waals surface area (Å²) in [7, 11) is 2.45. The summed E-state index contributed by atoms with van der Waals surface area (Å²) in [6.07, 6.45) is 0. The van der Waals surface area contributed by atoms with E-state index in [9.17, 15) is 0 Å². The Morgan fingerprint density at radius 3 is 1.96 bits per heavy atom. The highest BCUT2D eigenvalue weighted by atomic mass is 15.2. The maximum atomic E-state index is 3.87. The molecular weight excluding hydrogens is 652 g/mol. The number of rotatable bonds is 5. The molecule has 0 aliphatic carbocycles. The van der Waals surface area contributed by atoms with Crippen LogP contribution in [0.3, 0.4) is 0 Å². The van der Waals surface area contributed by atoms with Gasteiger partial charge in [-0.15, -0.1) is 0 Å². The second-order valence-electron chi connectivity index (χ2n) is 14.4. The van der Waals surface area contributed by atoms with Crippen molar-refractivity contribution >= 4 is 81.1 Å². The number of fused-ring (bicyclic) bond motifs is 6. The van der Waals surface area contributed by atoms with Crippen molar-refractivity contribution in [2.75, 3.05) is 15.1 Å². The average Bonchev–Trinajstić information content (AvgIpc) is 3.41. The first-order valence-electron chi connectivity index (χ1n) is 18.8. The van der Waals surface area contributed by atoms with E-state index in [4.69, 9.17) is 0 Å². The standard InChI is InChI=1S/C49H34B2N3/c1-4-16-33(17-5-1)34-28-29-38(43(30-34)52-36-19-6-2-7-20-36)39-31-46-48-49-47(39)50-40-23-11-10-18-35(40)32-53(49)44-26-14-12-24-41(44)51(48)42-25-13-15-27-45(42)54(46)37-21-8-3-9-22-37/h1-31,52H,32H2. The highest BCUT2D eigenvalue weighted by Crippen LogP contribution is 2.45. The first-order valence-corrected chi connectivity index (χ1v) is 18.8. The van der Waals surface area contributed by atoms with Crippen molar-refractivity contribution in [1.82, 2.24) is 0 Å². The van der Waals surface area contributed by atoms with Gasteiger partial charge in [0.15, 0.2) is 7.28 Å². The molecule has 8 aromatic rings. The third kappa shape index (κ3) is 4.85. The van der Waals surface area contributed by atoms with Crippen LogP contribution in [0, 0.1) is 0 Å². The van der Waals surface area contributed by atoms with Crippen LogP contribution in [-0.2, 0) is 6.54 Å². The lowest BCUT2D eigenvalue weighted by Gasteiger charge is -2.45. The van der Waals surface area contributed by atoms with Gasteiger partial charge in [0.25, 0.3) is 6.71 Å². The van der Waals surface area contributed by atoms with E-state index in [2.05, 4.69) is 210 Å². The Kier molecular flexibility index (Phi) is 7.12. The maximum Gasteiger partial charge on any atom is 0.252 e. The van der Waals surface area contributed by atoms with Crippen LogP contribution in [0.4, 0.5) is 39.8 Å². The van der Waals surface area contributed by atoms with E-state index < -0.39 is 0 Å². The molecule has 3 aliphatic heterocycles. The zero-order chi connectivity index (χ0) is 35.6. The van der Waals surface area contributed by atoms with Crippen molar-refractivity contribution in [2.45, 2.75) is 6.54 Å². The molecular formula is C49H34B2N3. The molecule has 0 saturated heterocycles. The van der Waals surface area contributed by atoms with Crippen LogP contribution in [0.5, 0.6) is 0 Å². The summed E-state index contributed by atoms with van der Waals surface area (Å²) in [6.45, 7) is 0.873. The van der Waals surface area contributed by atoms with Crippen molar-refractivity contribution < 1.29 is 0 Å². The van der Waals surface area contributed by atoms with Gasteiger partial charge in [0, 0.05) is 51.9 Å². The zero-order valence-electron chi connectivity index (χ0n) is 29.7. The fraction of sp³-hybridized carbons (Fsp3) is 0.0204. The molecule has 5 heteroatoms. The average molecular weight is 686 g/mol. The monoisotopic (exact) mass is 686 g/mol. The topological polar surface area (TPSA) is 18.5 Å². The maximum absolute atomic E-state index is 3.87. The normalized spacial score (nSPS) is 13.1. The van der Waals surface area contributed by atoms with Gasteiger partial charge in [0.2, 0.25) is 0 Å². The molecule has 1 radical (unpaired) electrons. The Morgan fingerprint density at radius 2 is 1.17 bits per heavy atom. The first kappa shape index (κ1) is 30.9. The van der Waals surface area contributed by atoms with Crippen LogP contribution in [-0.4, -0.2) is 14.0 Å². The number of hydrogen-bond donors (Lipinski definition) is 1. The van der Waals surface area contributed by atoms with Crippen LogP contribution in [0.2, 0.25) is 0 Å². The van der Waals surface area contributed by atoms with Gasteiger partial charge in [-0.2, -0.15) is 0 Å². The van der Waals surface area contributed by atoms with Crippen molar-refractivity contribution in [3.63, 3.8) is 0 Å². The molecule has 0 amide bonds. The molecule has 0 aromatic heterocycles. The number of nitrogens with zero attached hydrogens (tertiary/aromatic N) is 2. The fourth-order valence-electron chi connectivity index (χ4n) is 8.99. The number of hydrogen-bond acceptors (Lipinski definition) is 3. The van der Waals surface area contributed by atoms with Crippen LogP contribution in [0.15, 0.2) is 188 Å². The van der Waals surface area contributed by atoms with E-state index in [1.165, 1.54) is 72.3 Å². The molecule has 251 valence electrons. The third-order valence-electron chi connectivity index (χ3n) is 11.4. The van der Waals surface area contributed by atoms with Crippen LogP contribution in [0.1, 0.15) is 5.56 Å². The lowest BCUT2D eigenvalue weighted by molar-refractivity contribution is 0.992. The predicted octanol–water partition coefficient (Wildman–Crippen LogP) is 8.68. The van der Waals surface area contributed by atoms with Gasteiger partial charge in [-0.3, -0.25) is 0 Å². The van der Waals surface area contributed by atoms with Gasteiger partial charge in [0.05, 0.1) is 0 Å². The summed E-state index contributed by atoms with van der Waals surface area (Å²) in [5.41, 5.74) is 20.9. The molecule has 0 bridgehead atoms. The van der Waals surface area contributed by atoms with E-state index in [1.807, 2.05) is 0 Å². The highest BCUT2D eigenvalue weighted by molar-refractivity contribution is 7.01. The highest BCUT2D eigenvalue weighted by Gasteiger charge is 2.45. The zero-order valence-corrected chi connectivity index (χ0v) is 29.7. The molecule has 0 atom stereocenters.